The molecular formula is C19H15NO4S2. The Morgan fingerprint density at radius 3 is 2.23 bits per heavy atom. The number of hydrogen-bond donors (Lipinski definition) is 1. The van der Waals surface area contributed by atoms with Crippen LogP contribution in [0.4, 0.5) is 0 Å². The molecule has 1 atom stereocenters. The molecule has 132 valence electrons. The second kappa shape index (κ2) is 6.35. The lowest BCUT2D eigenvalue weighted by molar-refractivity contribution is -0.141. The summed E-state index contributed by atoms with van der Waals surface area (Å²) in [5, 5.41) is 9.67. The lowest BCUT2D eigenvalue weighted by Gasteiger charge is -2.23. The van der Waals surface area contributed by atoms with E-state index >= 15 is 0 Å². The SMILES string of the molecule is O=C(O)[C@@H](c1ccccc1)N1Cc2cc(-c3ccccc3)sc2S1(=O)=O. The van der Waals surface area contributed by atoms with Crippen molar-refractivity contribution >= 4 is 27.3 Å². The molecule has 7 heteroatoms. The molecule has 1 N–H and O–H groups in total. The molecule has 0 saturated heterocycles. The van der Waals surface area contributed by atoms with Crippen LogP contribution >= 0.6 is 11.3 Å². The van der Waals surface area contributed by atoms with E-state index in [1.165, 1.54) is 11.3 Å². The van der Waals surface area contributed by atoms with Crippen molar-refractivity contribution in [2.45, 2.75) is 16.8 Å². The van der Waals surface area contributed by atoms with Gasteiger partial charge in [-0.3, -0.25) is 4.79 Å². The summed E-state index contributed by atoms with van der Waals surface area (Å²) in [6.07, 6.45) is 0. The van der Waals surface area contributed by atoms with Gasteiger partial charge in [0, 0.05) is 11.4 Å². The molecule has 5 nitrogen and oxygen atoms in total. The fourth-order valence-electron chi connectivity index (χ4n) is 3.14. The zero-order valence-corrected chi connectivity index (χ0v) is 15.2. The number of aliphatic carboxylic acids is 1. The number of rotatable bonds is 4. The third kappa shape index (κ3) is 2.74. The first-order valence-electron chi connectivity index (χ1n) is 7.96. The van der Waals surface area contributed by atoms with E-state index in [9.17, 15) is 18.3 Å². The Balaban J connectivity index is 1.74. The highest BCUT2D eigenvalue weighted by Crippen LogP contribution is 2.44. The third-order valence-corrected chi connectivity index (χ3v) is 7.93. The van der Waals surface area contributed by atoms with Crippen LogP contribution in [0.2, 0.25) is 0 Å². The Morgan fingerprint density at radius 1 is 1.04 bits per heavy atom. The predicted octanol–water partition coefficient (Wildman–Crippen LogP) is 3.75. The molecule has 0 fully saturated rings. The first-order chi connectivity index (χ1) is 12.5. The summed E-state index contributed by atoms with van der Waals surface area (Å²) in [5.74, 6) is -1.18. The van der Waals surface area contributed by atoms with Gasteiger partial charge in [0.25, 0.3) is 10.0 Å². The summed E-state index contributed by atoms with van der Waals surface area (Å²) in [6.45, 7) is 0.0624. The fourth-order valence-corrected chi connectivity index (χ4v) is 6.50. The van der Waals surface area contributed by atoms with Crippen LogP contribution in [-0.4, -0.2) is 23.8 Å². The molecule has 0 spiro atoms. The average Bonchev–Trinajstić information content (AvgIpc) is 3.16. The number of carboxylic acid groups (broad SMARTS) is 1. The van der Waals surface area contributed by atoms with Gasteiger partial charge in [-0.1, -0.05) is 60.7 Å². The smallest absolute Gasteiger partial charge is 0.326 e. The number of benzene rings is 2. The number of hydrogen-bond acceptors (Lipinski definition) is 4. The van der Waals surface area contributed by atoms with Gasteiger partial charge in [-0.15, -0.1) is 11.3 Å². The van der Waals surface area contributed by atoms with Crippen molar-refractivity contribution < 1.29 is 18.3 Å². The Kier molecular flexibility index (Phi) is 4.14. The Labute approximate surface area is 155 Å². The van der Waals surface area contributed by atoms with Crippen LogP contribution in [0.1, 0.15) is 17.2 Å². The van der Waals surface area contributed by atoms with Gasteiger partial charge in [0.2, 0.25) is 0 Å². The van der Waals surface area contributed by atoms with E-state index in [1.54, 1.807) is 30.3 Å². The van der Waals surface area contributed by atoms with Gasteiger partial charge < -0.3 is 5.11 Å². The first-order valence-corrected chi connectivity index (χ1v) is 10.2. The molecule has 1 aliphatic rings. The Morgan fingerprint density at radius 2 is 1.65 bits per heavy atom. The molecule has 0 unspecified atom stereocenters. The molecule has 0 aliphatic carbocycles. The van der Waals surface area contributed by atoms with E-state index in [4.69, 9.17) is 0 Å². The molecule has 1 aromatic heterocycles. The van der Waals surface area contributed by atoms with Crippen molar-refractivity contribution in [2.75, 3.05) is 0 Å². The number of sulfonamides is 1. The zero-order chi connectivity index (χ0) is 18.3. The van der Waals surface area contributed by atoms with Gasteiger partial charge in [-0.2, -0.15) is 4.31 Å². The van der Waals surface area contributed by atoms with Crippen molar-refractivity contribution in [2.24, 2.45) is 0 Å². The maximum atomic E-state index is 13.0. The molecule has 4 rings (SSSR count). The summed E-state index contributed by atoms with van der Waals surface area (Å²) >= 11 is 1.19. The molecule has 2 heterocycles. The van der Waals surface area contributed by atoms with Crippen molar-refractivity contribution in [3.05, 3.63) is 77.9 Å². The van der Waals surface area contributed by atoms with Crippen LogP contribution < -0.4 is 0 Å². The van der Waals surface area contributed by atoms with Crippen molar-refractivity contribution in [1.29, 1.82) is 0 Å². The van der Waals surface area contributed by atoms with Crippen molar-refractivity contribution in [1.82, 2.24) is 4.31 Å². The highest BCUT2D eigenvalue weighted by atomic mass is 32.2. The number of carbonyl (C=O) groups is 1. The second-order valence-electron chi connectivity index (χ2n) is 5.99. The van der Waals surface area contributed by atoms with Gasteiger partial charge in [-0.05, 0) is 22.8 Å². The molecule has 0 radical (unpaired) electrons. The summed E-state index contributed by atoms with van der Waals surface area (Å²) in [5.41, 5.74) is 2.05. The predicted molar refractivity (Wildman–Crippen MR) is 99.3 cm³/mol. The van der Waals surface area contributed by atoms with Crippen LogP contribution in [-0.2, 0) is 21.4 Å². The van der Waals surface area contributed by atoms with Crippen LogP contribution in [0, 0.1) is 0 Å². The van der Waals surface area contributed by atoms with E-state index in [-0.39, 0.29) is 10.8 Å². The minimum Gasteiger partial charge on any atom is -0.480 e. The van der Waals surface area contributed by atoms with E-state index < -0.39 is 22.0 Å². The molecule has 0 saturated carbocycles. The fraction of sp³-hybridized carbons (Fsp3) is 0.105. The number of carboxylic acids is 1. The third-order valence-electron chi connectivity index (χ3n) is 4.33. The highest BCUT2D eigenvalue weighted by Gasteiger charge is 2.44. The van der Waals surface area contributed by atoms with Crippen molar-refractivity contribution in [3.63, 3.8) is 0 Å². The second-order valence-corrected chi connectivity index (χ2v) is 9.13. The topological polar surface area (TPSA) is 74.7 Å². The van der Waals surface area contributed by atoms with Gasteiger partial charge in [0.05, 0.1) is 0 Å². The standard InChI is InChI=1S/C19H15NO4S2/c21-18(22)17(14-9-5-2-6-10-14)20-12-15-11-16(13-7-3-1-4-8-13)25-19(15)26(20,23)24/h1-11,17H,12H2,(H,21,22)/t17-/m1/s1. The highest BCUT2D eigenvalue weighted by molar-refractivity contribution is 7.91. The first kappa shape index (κ1) is 17.0. The van der Waals surface area contributed by atoms with Gasteiger partial charge in [-0.25, -0.2) is 8.42 Å². The maximum absolute atomic E-state index is 13.0. The van der Waals surface area contributed by atoms with E-state index in [0.717, 1.165) is 14.7 Å². The van der Waals surface area contributed by atoms with Crippen LogP contribution in [0.3, 0.4) is 0 Å². The van der Waals surface area contributed by atoms with E-state index in [1.807, 2.05) is 36.4 Å². The van der Waals surface area contributed by atoms with Gasteiger partial charge >= 0.3 is 5.97 Å². The number of fused-ring (bicyclic) bond motifs is 1. The lowest BCUT2D eigenvalue weighted by atomic mass is 10.1. The van der Waals surface area contributed by atoms with E-state index in [2.05, 4.69) is 0 Å². The van der Waals surface area contributed by atoms with Crippen LogP contribution in [0.25, 0.3) is 10.4 Å². The summed E-state index contributed by atoms with van der Waals surface area (Å²) in [7, 11) is -3.85. The molecule has 26 heavy (non-hydrogen) atoms. The quantitative estimate of drug-likeness (QED) is 0.742. The maximum Gasteiger partial charge on any atom is 0.326 e. The molecule has 1 aliphatic heterocycles. The monoisotopic (exact) mass is 385 g/mol. The molecule has 0 bridgehead atoms. The van der Waals surface area contributed by atoms with Gasteiger partial charge in [0.15, 0.2) is 0 Å². The molecule has 2 aromatic carbocycles. The molecule has 3 aromatic rings. The Bertz CT molecular complexity index is 1060. The summed E-state index contributed by atoms with van der Waals surface area (Å²) in [4.78, 5) is 12.7. The summed E-state index contributed by atoms with van der Waals surface area (Å²) < 4.78 is 27.3. The Hall–Kier alpha value is -2.48. The van der Waals surface area contributed by atoms with E-state index in [0.29, 0.717) is 11.1 Å². The normalized spacial score (nSPS) is 16.9. The lowest BCUT2D eigenvalue weighted by Crippen LogP contribution is -2.34. The van der Waals surface area contributed by atoms with Gasteiger partial charge in [0.1, 0.15) is 10.3 Å². The van der Waals surface area contributed by atoms with Crippen molar-refractivity contribution in [3.8, 4) is 10.4 Å². The zero-order valence-electron chi connectivity index (χ0n) is 13.6. The van der Waals surface area contributed by atoms with Crippen LogP contribution in [0.15, 0.2) is 70.9 Å². The summed E-state index contributed by atoms with van der Waals surface area (Å²) in [6, 6.07) is 18.6. The average molecular weight is 385 g/mol. The number of thiophene rings is 1. The molecular weight excluding hydrogens is 370 g/mol. The molecule has 0 amide bonds. The number of nitrogens with zero attached hydrogens (tertiary/aromatic N) is 1. The van der Waals surface area contributed by atoms with Crippen LogP contribution in [0.5, 0.6) is 0 Å². The minimum absolute atomic E-state index is 0.0624. The largest absolute Gasteiger partial charge is 0.480 e. The minimum atomic E-state index is -3.85.